The highest BCUT2D eigenvalue weighted by Crippen LogP contribution is 2.45. The molecule has 1 saturated heterocycles. The lowest BCUT2D eigenvalue weighted by atomic mass is 9.91. The molecule has 49 heavy (non-hydrogen) atoms. The first-order chi connectivity index (χ1) is 23.3. The van der Waals surface area contributed by atoms with E-state index >= 15 is 0 Å². The van der Waals surface area contributed by atoms with Crippen LogP contribution in [0.25, 0.3) is 6.08 Å². The van der Waals surface area contributed by atoms with Crippen molar-refractivity contribution >= 4 is 29.8 Å². The second kappa shape index (κ2) is 14.9. The quantitative estimate of drug-likeness (QED) is 0.202. The van der Waals surface area contributed by atoms with E-state index in [1.807, 2.05) is 24.3 Å². The number of aliphatic hydroxyl groups is 2. The predicted molar refractivity (Wildman–Crippen MR) is 164 cm³/mol. The van der Waals surface area contributed by atoms with E-state index in [9.17, 15) is 37.5 Å². The Kier molecular flexibility index (Phi) is 10.9. The van der Waals surface area contributed by atoms with Crippen LogP contribution in [0.4, 0.5) is 13.2 Å². The molecule has 0 saturated carbocycles. The molecule has 1 spiro atoms. The van der Waals surface area contributed by atoms with Crippen LogP contribution in [0, 0.1) is 0 Å². The summed E-state index contributed by atoms with van der Waals surface area (Å²) in [5, 5.41) is 24.2. The maximum Gasteiger partial charge on any atom is 0.422 e. The number of carbonyl (C=O) groups excluding carboxylic acids is 4. The minimum Gasteiger partial charge on any atom is -0.456 e. The average Bonchev–Trinajstić information content (AvgIpc) is 3.61. The highest BCUT2D eigenvalue weighted by Gasteiger charge is 2.55. The lowest BCUT2D eigenvalue weighted by Gasteiger charge is -2.31. The third kappa shape index (κ3) is 8.92. The zero-order valence-corrected chi connectivity index (χ0v) is 26.3. The van der Waals surface area contributed by atoms with Crippen LogP contribution in [-0.2, 0) is 46.2 Å². The van der Waals surface area contributed by atoms with Gasteiger partial charge in [-0.25, -0.2) is 9.59 Å². The number of halogens is 3. The number of fused-ring (bicyclic) bond motifs is 2. The Balaban J connectivity index is 1.31. The number of alkyl halides is 3. The molecule has 0 bridgehead atoms. The molecule has 2 aromatic carbocycles. The van der Waals surface area contributed by atoms with Crippen molar-refractivity contribution < 1.29 is 61.5 Å². The summed E-state index contributed by atoms with van der Waals surface area (Å²) in [5.74, 6) is -4.42. The summed E-state index contributed by atoms with van der Waals surface area (Å²) >= 11 is 0. The Labute approximate surface area is 278 Å². The molecule has 0 aromatic heterocycles. The topological polar surface area (TPSA) is 170 Å². The van der Waals surface area contributed by atoms with Crippen molar-refractivity contribution in [1.29, 1.82) is 0 Å². The zero-order chi connectivity index (χ0) is 35.3. The van der Waals surface area contributed by atoms with Gasteiger partial charge in [0.2, 0.25) is 11.8 Å². The van der Waals surface area contributed by atoms with Gasteiger partial charge in [0.25, 0.3) is 0 Å². The van der Waals surface area contributed by atoms with Crippen LogP contribution < -0.4 is 10.6 Å². The van der Waals surface area contributed by atoms with Crippen LogP contribution in [0.5, 0.6) is 0 Å². The largest absolute Gasteiger partial charge is 0.456 e. The lowest BCUT2D eigenvalue weighted by molar-refractivity contribution is -0.182. The number of nitrogens with one attached hydrogen (secondary N) is 2. The van der Waals surface area contributed by atoms with Gasteiger partial charge in [-0.15, -0.1) is 0 Å². The monoisotopic (exact) mass is 688 g/mol. The third-order valence-corrected chi connectivity index (χ3v) is 8.17. The number of hydrogen-bond donors (Lipinski definition) is 4. The third-order valence-electron chi connectivity index (χ3n) is 8.17. The van der Waals surface area contributed by atoms with Crippen molar-refractivity contribution in [3.05, 3.63) is 88.5 Å². The fourth-order valence-corrected chi connectivity index (χ4v) is 5.89. The summed E-state index contributed by atoms with van der Waals surface area (Å²) in [5.41, 5.74) is 2.70. The van der Waals surface area contributed by atoms with Crippen molar-refractivity contribution in [2.45, 2.75) is 68.6 Å². The maximum absolute atomic E-state index is 13.5. The molecule has 0 unspecified atom stereocenters. The minimum absolute atomic E-state index is 0.0795. The number of aliphatic hydroxyl groups excluding tert-OH is 2. The van der Waals surface area contributed by atoms with Crippen LogP contribution in [0.1, 0.15) is 40.4 Å². The fourth-order valence-electron chi connectivity index (χ4n) is 5.89. The minimum atomic E-state index is -4.65. The first-order valence-electron chi connectivity index (χ1n) is 15.5. The van der Waals surface area contributed by atoms with Crippen molar-refractivity contribution in [2.75, 3.05) is 19.8 Å². The highest BCUT2D eigenvalue weighted by atomic mass is 19.4. The molecule has 0 radical (unpaired) electrons. The first-order valence-corrected chi connectivity index (χ1v) is 15.5. The number of amides is 2. The van der Waals surface area contributed by atoms with Crippen LogP contribution >= 0.6 is 0 Å². The van der Waals surface area contributed by atoms with Gasteiger partial charge in [0.05, 0.1) is 18.3 Å². The molecule has 1 heterocycles. The number of esters is 2. The van der Waals surface area contributed by atoms with E-state index < -0.39 is 72.8 Å². The molecule has 2 aromatic rings. The van der Waals surface area contributed by atoms with Gasteiger partial charge < -0.3 is 39.8 Å². The standard InChI is InChI=1S/C34H35F3N2O10/c1-19(41)28(31(44)38-12-13-40)39-30(43)24-14-25(29-26(15-24)48-33(49-29)16-22-4-2-3-5-23(22)17-33)47-32(45)21-9-6-20(7-10-21)8-11-27(42)46-18-34(35,36)37/h2-11,15,19,25-26,28-29,40-41H,12-14,16-18H2,1H3,(H,38,44)(H,39,43)/t19-,25+,26+,28+,29-/m0/s1. The molecule has 5 atom stereocenters. The smallest absolute Gasteiger partial charge is 0.422 e. The van der Waals surface area contributed by atoms with E-state index in [-0.39, 0.29) is 30.7 Å². The molecule has 1 aliphatic heterocycles. The van der Waals surface area contributed by atoms with Gasteiger partial charge >= 0.3 is 18.1 Å². The fraction of sp³-hybridized carbons (Fsp3) is 0.412. The summed E-state index contributed by atoms with van der Waals surface area (Å²) in [7, 11) is 0. The molecule has 4 N–H and O–H groups in total. The van der Waals surface area contributed by atoms with Gasteiger partial charge in [0, 0.05) is 37.5 Å². The predicted octanol–water partition coefficient (Wildman–Crippen LogP) is 1.91. The van der Waals surface area contributed by atoms with Gasteiger partial charge in [0.15, 0.2) is 12.4 Å². The van der Waals surface area contributed by atoms with E-state index in [0.717, 1.165) is 17.2 Å². The number of hydrogen-bond acceptors (Lipinski definition) is 10. The van der Waals surface area contributed by atoms with Crippen molar-refractivity contribution in [2.24, 2.45) is 0 Å². The number of ether oxygens (including phenoxy) is 4. The van der Waals surface area contributed by atoms with E-state index in [0.29, 0.717) is 18.4 Å². The first kappa shape index (κ1) is 35.7. The molecule has 5 rings (SSSR count). The van der Waals surface area contributed by atoms with Gasteiger partial charge in [-0.1, -0.05) is 36.4 Å². The van der Waals surface area contributed by atoms with Crippen LogP contribution in [0.2, 0.25) is 0 Å². The van der Waals surface area contributed by atoms with Gasteiger partial charge in [0.1, 0.15) is 24.4 Å². The van der Waals surface area contributed by atoms with Crippen LogP contribution in [0.15, 0.2) is 66.3 Å². The summed E-state index contributed by atoms with van der Waals surface area (Å²) in [6.07, 6.45) is -4.18. The molecular formula is C34H35F3N2O10. The Morgan fingerprint density at radius 3 is 2.35 bits per heavy atom. The Hall–Kier alpha value is -4.57. The molecule has 262 valence electrons. The summed E-state index contributed by atoms with van der Waals surface area (Å²) in [6, 6.07) is 12.1. The second-order valence-electron chi connectivity index (χ2n) is 11.9. The van der Waals surface area contributed by atoms with Crippen LogP contribution in [0.3, 0.4) is 0 Å². The second-order valence-corrected chi connectivity index (χ2v) is 11.9. The van der Waals surface area contributed by atoms with E-state index in [1.165, 1.54) is 37.3 Å². The zero-order valence-electron chi connectivity index (χ0n) is 26.3. The Bertz CT molecular complexity index is 1600. The number of benzene rings is 2. The number of rotatable bonds is 11. The van der Waals surface area contributed by atoms with Gasteiger partial charge in [-0.2, -0.15) is 13.2 Å². The molecular weight excluding hydrogens is 653 g/mol. The summed E-state index contributed by atoms with van der Waals surface area (Å²) in [4.78, 5) is 50.9. The lowest BCUT2D eigenvalue weighted by Crippen LogP contribution is -2.54. The van der Waals surface area contributed by atoms with E-state index in [4.69, 9.17) is 19.3 Å². The van der Waals surface area contributed by atoms with Crippen molar-refractivity contribution in [3.8, 4) is 0 Å². The van der Waals surface area contributed by atoms with Gasteiger partial charge in [-0.05, 0) is 47.9 Å². The van der Waals surface area contributed by atoms with E-state index in [2.05, 4.69) is 15.4 Å². The average molecular weight is 689 g/mol. The molecule has 1 fully saturated rings. The Morgan fingerprint density at radius 2 is 1.73 bits per heavy atom. The molecule has 3 aliphatic rings. The van der Waals surface area contributed by atoms with Crippen molar-refractivity contribution in [3.63, 3.8) is 0 Å². The SMILES string of the molecule is C[C@H](O)[C@@H](NC(=O)C1=C[C@H]2OC3(Cc4ccccc4C3)O[C@H]2[C@H](OC(=O)c2ccc(C=CC(=O)OCC(F)(F)F)cc2)C1)C(=O)NCCO. The van der Waals surface area contributed by atoms with Crippen molar-refractivity contribution in [1.82, 2.24) is 10.6 Å². The van der Waals surface area contributed by atoms with Gasteiger partial charge in [-0.3, -0.25) is 9.59 Å². The molecule has 2 amide bonds. The molecule has 15 heteroatoms. The number of carbonyl (C=O) groups is 4. The highest BCUT2D eigenvalue weighted by molar-refractivity contribution is 5.97. The normalized spacial score (nSPS) is 22.1. The maximum atomic E-state index is 13.5. The van der Waals surface area contributed by atoms with Crippen LogP contribution in [-0.4, -0.2) is 96.1 Å². The van der Waals surface area contributed by atoms with E-state index in [1.54, 1.807) is 6.08 Å². The molecule has 12 nitrogen and oxygen atoms in total. The Morgan fingerprint density at radius 1 is 1.06 bits per heavy atom. The summed E-state index contributed by atoms with van der Waals surface area (Å²) in [6.45, 7) is -0.804. The molecule has 2 aliphatic carbocycles. The summed E-state index contributed by atoms with van der Waals surface area (Å²) < 4.78 is 59.7.